The maximum atomic E-state index is 12.4. The lowest BCUT2D eigenvalue weighted by Gasteiger charge is -2.21. The molecule has 132 valence electrons. The summed E-state index contributed by atoms with van der Waals surface area (Å²) in [6.45, 7) is 0.688. The Morgan fingerprint density at radius 1 is 1.16 bits per heavy atom. The van der Waals surface area contributed by atoms with Crippen LogP contribution in [-0.4, -0.2) is 48.4 Å². The van der Waals surface area contributed by atoms with Crippen LogP contribution < -0.4 is 15.0 Å². The first-order valence-electron chi connectivity index (χ1n) is 8.69. The van der Waals surface area contributed by atoms with Crippen LogP contribution in [-0.2, 0) is 14.4 Å². The molecule has 2 heterocycles. The Morgan fingerprint density at radius 3 is 2.60 bits per heavy atom. The highest BCUT2D eigenvalue weighted by Crippen LogP contribution is 2.36. The van der Waals surface area contributed by atoms with Crippen molar-refractivity contribution in [2.75, 3.05) is 23.9 Å². The number of anilines is 2. The van der Waals surface area contributed by atoms with Crippen molar-refractivity contribution >= 4 is 29.1 Å². The lowest BCUT2D eigenvalue weighted by molar-refractivity contribution is -0.139. The zero-order chi connectivity index (χ0) is 17.6. The van der Waals surface area contributed by atoms with Gasteiger partial charge in [0.25, 0.3) is 5.91 Å². The Morgan fingerprint density at radius 2 is 1.96 bits per heavy atom. The molecule has 2 saturated heterocycles. The molecule has 2 aliphatic heterocycles. The number of hydrogen-bond donors (Lipinski definition) is 1. The SMILES string of the molecule is COc1cc(NC2CC(=O)N(C3CC3)C2=O)ccc1N1CCCC1=O. The van der Waals surface area contributed by atoms with Crippen molar-refractivity contribution in [2.24, 2.45) is 0 Å². The summed E-state index contributed by atoms with van der Waals surface area (Å²) in [6.07, 6.45) is 3.41. The lowest BCUT2D eigenvalue weighted by Crippen LogP contribution is -2.36. The van der Waals surface area contributed by atoms with Crippen LogP contribution in [0.3, 0.4) is 0 Å². The number of benzene rings is 1. The van der Waals surface area contributed by atoms with Crippen molar-refractivity contribution in [3.05, 3.63) is 18.2 Å². The fraction of sp³-hybridized carbons (Fsp3) is 0.500. The van der Waals surface area contributed by atoms with Gasteiger partial charge >= 0.3 is 0 Å². The summed E-state index contributed by atoms with van der Waals surface area (Å²) < 4.78 is 5.43. The van der Waals surface area contributed by atoms with E-state index in [4.69, 9.17) is 4.74 Å². The number of nitrogens with one attached hydrogen (secondary N) is 1. The number of rotatable bonds is 5. The van der Waals surface area contributed by atoms with E-state index in [0.29, 0.717) is 24.4 Å². The standard InChI is InChI=1S/C18H21N3O4/c1-25-15-9-11(4-7-14(15)20-8-2-3-16(20)22)19-13-10-17(23)21(18(13)24)12-5-6-12/h4,7,9,12-13,19H,2-3,5-6,8,10H2,1H3. The molecule has 3 aliphatic rings. The minimum absolute atomic E-state index is 0.0932. The number of imide groups is 1. The smallest absolute Gasteiger partial charge is 0.252 e. The van der Waals surface area contributed by atoms with Crippen LogP contribution in [0.5, 0.6) is 5.75 Å². The van der Waals surface area contributed by atoms with Crippen LogP contribution in [0, 0.1) is 0 Å². The second kappa shape index (κ2) is 6.06. The molecule has 1 aliphatic carbocycles. The molecule has 1 aromatic carbocycles. The molecule has 7 heteroatoms. The fourth-order valence-corrected chi connectivity index (χ4v) is 3.57. The van der Waals surface area contributed by atoms with Crippen LogP contribution >= 0.6 is 0 Å². The van der Waals surface area contributed by atoms with Crippen molar-refractivity contribution in [2.45, 2.75) is 44.2 Å². The van der Waals surface area contributed by atoms with Gasteiger partial charge in [-0.1, -0.05) is 0 Å². The average molecular weight is 343 g/mol. The van der Waals surface area contributed by atoms with Crippen LogP contribution in [0.25, 0.3) is 0 Å². The summed E-state index contributed by atoms with van der Waals surface area (Å²) in [5, 5.41) is 3.14. The summed E-state index contributed by atoms with van der Waals surface area (Å²) in [7, 11) is 1.56. The third-order valence-corrected chi connectivity index (χ3v) is 4.98. The number of likely N-dealkylation sites (tertiary alicyclic amines) is 1. The van der Waals surface area contributed by atoms with Crippen molar-refractivity contribution in [1.29, 1.82) is 0 Å². The summed E-state index contributed by atoms with van der Waals surface area (Å²) in [6, 6.07) is 4.99. The van der Waals surface area contributed by atoms with E-state index in [1.54, 1.807) is 18.1 Å². The number of hydrogen-bond acceptors (Lipinski definition) is 5. The molecule has 1 saturated carbocycles. The van der Waals surface area contributed by atoms with Gasteiger partial charge < -0.3 is 15.0 Å². The van der Waals surface area contributed by atoms with E-state index >= 15 is 0 Å². The van der Waals surface area contributed by atoms with E-state index in [0.717, 1.165) is 24.9 Å². The lowest BCUT2D eigenvalue weighted by atomic mass is 10.2. The van der Waals surface area contributed by atoms with Crippen molar-refractivity contribution in [3.8, 4) is 5.75 Å². The van der Waals surface area contributed by atoms with Crippen molar-refractivity contribution in [3.63, 3.8) is 0 Å². The van der Waals surface area contributed by atoms with E-state index in [1.165, 1.54) is 4.90 Å². The molecular weight excluding hydrogens is 322 g/mol. The summed E-state index contributed by atoms with van der Waals surface area (Å²) in [4.78, 5) is 39.6. The summed E-state index contributed by atoms with van der Waals surface area (Å²) in [5.74, 6) is 0.424. The van der Waals surface area contributed by atoms with Crippen molar-refractivity contribution < 1.29 is 19.1 Å². The molecule has 25 heavy (non-hydrogen) atoms. The zero-order valence-electron chi connectivity index (χ0n) is 14.2. The van der Waals surface area contributed by atoms with Crippen LogP contribution in [0.1, 0.15) is 32.1 Å². The van der Waals surface area contributed by atoms with Gasteiger partial charge in [0.2, 0.25) is 11.8 Å². The Bertz CT molecular complexity index is 744. The van der Waals surface area contributed by atoms with Gasteiger partial charge in [0.15, 0.2) is 0 Å². The predicted octanol–water partition coefficient (Wildman–Crippen LogP) is 1.52. The van der Waals surface area contributed by atoms with Gasteiger partial charge in [-0.2, -0.15) is 0 Å². The Labute approximate surface area is 145 Å². The highest BCUT2D eigenvalue weighted by Gasteiger charge is 2.46. The molecule has 0 radical (unpaired) electrons. The number of methoxy groups -OCH3 is 1. The van der Waals surface area contributed by atoms with E-state index in [2.05, 4.69) is 5.32 Å². The molecule has 0 spiro atoms. The van der Waals surface area contributed by atoms with E-state index in [1.807, 2.05) is 12.1 Å². The second-order valence-corrected chi connectivity index (χ2v) is 6.77. The van der Waals surface area contributed by atoms with Gasteiger partial charge in [-0.15, -0.1) is 0 Å². The highest BCUT2D eigenvalue weighted by molar-refractivity contribution is 6.07. The maximum absolute atomic E-state index is 12.4. The third-order valence-electron chi connectivity index (χ3n) is 4.98. The number of amides is 3. The van der Waals surface area contributed by atoms with E-state index < -0.39 is 6.04 Å². The van der Waals surface area contributed by atoms with Gasteiger partial charge in [0.05, 0.1) is 19.2 Å². The Hall–Kier alpha value is -2.57. The first kappa shape index (κ1) is 15.9. The molecule has 0 aromatic heterocycles. The average Bonchev–Trinajstić information content (AvgIpc) is 3.27. The van der Waals surface area contributed by atoms with Gasteiger partial charge in [-0.25, -0.2) is 0 Å². The van der Waals surface area contributed by atoms with Gasteiger partial charge in [-0.3, -0.25) is 19.3 Å². The molecule has 1 aromatic rings. The van der Waals surface area contributed by atoms with Crippen molar-refractivity contribution in [1.82, 2.24) is 4.90 Å². The second-order valence-electron chi connectivity index (χ2n) is 6.77. The van der Waals surface area contributed by atoms with E-state index in [9.17, 15) is 14.4 Å². The monoisotopic (exact) mass is 343 g/mol. The molecule has 7 nitrogen and oxygen atoms in total. The van der Waals surface area contributed by atoms with Gasteiger partial charge in [-0.05, 0) is 31.4 Å². The number of carbonyl (C=O) groups is 3. The minimum atomic E-state index is -0.530. The molecule has 1 atom stereocenters. The summed E-state index contributed by atoms with van der Waals surface area (Å²) >= 11 is 0. The molecule has 0 bridgehead atoms. The van der Waals surface area contributed by atoms with Gasteiger partial charge in [0, 0.05) is 30.8 Å². The zero-order valence-corrected chi connectivity index (χ0v) is 14.2. The summed E-state index contributed by atoms with van der Waals surface area (Å²) in [5.41, 5.74) is 1.44. The fourth-order valence-electron chi connectivity index (χ4n) is 3.57. The third kappa shape index (κ3) is 2.83. The first-order chi connectivity index (χ1) is 12.1. The Balaban J connectivity index is 1.52. The number of ether oxygens (including phenoxy) is 1. The minimum Gasteiger partial charge on any atom is -0.494 e. The van der Waals surface area contributed by atoms with E-state index in [-0.39, 0.29) is 30.2 Å². The predicted molar refractivity (Wildman–Crippen MR) is 91.5 cm³/mol. The molecule has 3 amide bonds. The topological polar surface area (TPSA) is 79.0 Å². The molecular formula is C18H21N3O4. The van der Waals surface area contributed by atoms with Gasteiger partial charge in [0.1, 0.15) is 11.8 Å². The molecule has 1 unspecified atom stereocenters. The number of nitrogens with zero attached hydrogens (tertiary/aromatic N) is 2. The largest absolute Gasteiger partial charge is 0.494 e. The van der Waals surface area contributed by atoms with Crippen LogP contribution in [0.4, 0.5) is 11.4 Å². The molecule has 3 fully saturated rings. The first-order valence-corrected chi connectivity index (χ1v) is 8.69. The van der Waals surface area contributed by atoms with Crippen LogP contribution in [0.2, 0.25) is 0 Å². The quantitative estimate of drug-likeness (QED) is 0.820. The molecule has 4 rings (SSSR count). The normalized spacial score (nSPS) is 23.6. The molecule has 1 N–H and O–H groups in total. The Kier molecular flexibility index (Phi) is 3.86. The number of carbonyl (C=O) groups excluding carboxylic acids is 3. The maximum Gasteiger partial charge on any atom is 0.252 e. The highest BCUT2D eigenvalue weighted by atomic mass is 16.5. The van der Waals surface area contributed by atoms with Crippen LogP contribution in [0.15, 0.2) is 18.2 Å².